The van der Waals surface area contributed by atoms with Crippen molar-refractivity contribution in [2.45, 2.75) is 19.6 Å². The SMILES string of the molecule is CC1=Cc2cc(Br)ccc2OC12Oc1ccc(Br)cc1C=C2C. The first-order chi connectivity index (χ1) is 11.0. The molecule has 4 heteroatoms. The van der Waals surface area contributed by atoms with E-state index in [1.54, 1.807) is 0 Å². The van der Waals surface area contributed by atoms with Gasteiger partial charge >= 0.3 is 0 Å². The fraction of sp³-hybridized carbons (Fsp3) is 0.158. The van der Waals surface area contributed by atoms with Crippen LogP contribution in [-0.4, -0.2) is 5.79 Å². The van der Waals surface area contributed by atoms with Crippen LogP contribution in [0.5, 0.6) is 11.5 Å². The van der Waals surface area contributed by atoms with E-state index in [1.165, 1.54) is 0 Å². The zero-order valence-electron chi connectivity index (χ0n) is 12.7. The lowest BCUT2D eigenvalue weighted by Crippen LogP contribution is -2.47. The summed E-state index contributed by atoms with van der Waals surface area (Å²) in [6.45, 7) is 4.09. The Bertz CT molecular complexity index is 807. The van der Waals surface area contributed by atoms with Crippen molar-refractivity contribution in [2.75, 3.05) is 0 Å². The average Bonchev–Trinajstić information content (AvgIpc) is 2.50. The van der Waals surface area contributed by atoms with Crippen molar-refractivity contribution in [1.82, 2.24) is 0 Å². The summed E-state index contributed by atoms with van der Waals surface area (Å²) in [4.78, 5) is 0. The molecule has 0 atom stereocenters. The second-order valence-electron chi connectivity index (χ2n) is 5.84. The molecule has 2 nitrogen and oxygen atoms in total. The maximum Gasteiger partial charge on any atom is 0.297 e. The predicted molar refractivity (Wildman–Crippen MR) is 99.6 cm³/mol. The van der Waals surface area contributed by atoms with E-state index in [1.807, 2.05) is 38.1 Å². The fourth-order valence-electron chi connectivity index (χ4n) is 3.07. The van der Waals surface area contributed by atoms with Crippen LogP contribution in [0.25, 0.3) is 12.2 Å². The fourth-order valence-corrected chi connectivity index (χ4v) is 3.83. The van der Waals surface area contributed by atoms with Crippen molar-refractivity contribution in [1.29, 1.82) is 0 Å². The predicted octanol–water partition coefficient (Wildman–Crippen LogP) is 6.20. The van der Waals surface area contributed by atoms with Gasteiger partial charge in [-0.05, 0) is 62.4 Å². The van der Waals surface area contributed by atoms with Gasteiger partial charge in [0, 0.05) is 31.2 Å². The van der Waals surface area contributed by atoms with Crippen LogP contribution in [0.4, 0.5) is 0 Å². The molecule has 2 aromatic carbocycles. The molecule has 2 aliphatic rings. The molecular weight excluding hydrogens is 420 g/mol. The summed E-state index contributed by atoms with van der Waals surface area (Å²) >= 11 is 7.01. The van der Waals surface area contributed by atoms with Crippen molar-refractivity contribution in [2.24, 2.45) is 0 Å². The number of halogens is 2. The second kappa shape index (κ2) is 5.25. The standard InChI is InChI=1S/C19H14Br2O2/c1-11-7-13-9-15(20)3-5-17(13)22-19(11)12(2)8-14-10-16(21)4-6-18(14)23-19/h3-10H,1-2H3. The quantitative estimate of drug-likeness (QED) is 0.492. The van der Waals surface area contributed by atoms with E-state index in [2.05, 4.69) is 56.1 Å². The monoisotopic (exact) mass is 432 g/mol. The Labute approximate surface area is 152 Å². The Kier molecular flexibility index (Phi) is 3.43. The van der Waals surface area contributed by atoms with Gasteiger partial charge in [-0.25, -0.2) is 0 Å². The number of hydrogen-bond acceptors (Lipinski definition) is 2. The average molecular weight is 434 g/mol. The first-order valence-corrected chi connectivity index (χ1v) is 8.91. The van der Waals surface area contributed by atoms with Crippen molar-refractivity contribution >= 4 is 44.0 Å². The van der Waals surface area contributed by atoms with Crippen LogP contribution in [-0.2, 0) is 0 Å². The summed E-state index contributed by atoms with van der Waals surface area (Å²) in [5.41, 5.74) is 4.18. The van der Waals surface area contributed by atoms with Crippen LogP contribution < -0.4 is 9.47 Å². The van der Waals surface area contributed by atoms with E-state index in [9.17, 15) is 0 Å². The minimum Gasteiger partial charge on any atom is -0.444 e. The summed E-state index contributed by atoms with van der Waals surface area (Å²) in [5.74, 6) is 0.793. The highest BCUT2D eigenvalue weighted by atomic mass is 79.9. The van der Waals surface area contributed by atoms with Crippen molar-refractivity contribution in [3.63, 3.8) is 0 Å². The van der Waals surface area contributed by atoms with E-state index < -0.39 is 5.79 Å². The molecule has 2 aromatic rings. The largest absolute Gasteiger partial charge is 0.444 e. The minimum absolute atomic E-state index is 0.826. The second-order valence-corrected chi connectivity index (χ2v) is 7.67. The minimum atomic E-state index is -0.859. The lowest BCUT2D eigenvalue weighted by molar-refractivity contribution is -0.0514. The van der Waals surface area contributed by atoms with E-state index in [0.717, 1.165) is 42.7 Å². The van der Waals surface area contributed by atoms with E-state index in [0.29, 0.717) is 0 Å². The van der Waals surface area contributed by atoms with Gasteiger partial charge in [0.25, 0.3) is 5.79 Å². The van der Waals surface area contributed by atoms with Crippen molar-refractivity contribution < 1.29 is 9.47 Å². The van der Waals surface area contributed by atoms with Crippen LogP contribution in [0.2, 0.25) is 0 Å². The van der Waals surface area contributed by atoms with Gasteiger partial charge in [0.1, 0.15) is 11.5 Å². The molecule has 23 heavy (non-hydrogen) atoms. The van der Waals surface area contributed by atoms with Crippen LogP contribution in [0.1, 0.15) is 25.0 Å². The summed E-state index contributed by atoms with van der Waals surface area (Å²) in [5, 5.41) is 0. The first-order valence-electron chi connectivity index (χ1n) is 7.33. The topological polar surface area (TPSA) is 18.5 Å². The van der Waals surface area contributed by atoms with Gasteiger partial charge in [-0.15, -0.1) is 0 Å². The van der Waals surface area contributed by atoms with Gasteiger partial charge in [0.05, 0.1) is 0 Å². The number of benzene rings is 2. The maximum atomic E-state index is 6.34. The molecule has 0 N–H and O–H groups in total. The Hall–Kier alpha value is -1.52. The smallest absolute Gasteiger partial charge is 0.297 e. The third kappa shape index (κ3) is 2.36. The highest BCUT2D eigenvalue weighted by Crippen LogP contribution is 2.46. The summed E-state index contributed by atoms with van der Waals surface area (Å²) < 4.78 is 14.7. The zero-order chi connectivity index (χ0) is 16.2. The zero-order valence-corrected chi connectivity index (χ0v) is 15.9. The maximum absolute atomic E-state index is 6.34. The Morgan fingerprint density at radius 2 is 1.17 bits per heavy atom. The number of hydrogen-bond donors (Lipinski definition) is 0. The van der Waals surface area contributed by atoms with Crippen LogP contribution in [0.3, 0.4) is 0 Å². The summed E-state index contributed by atoms with van der Waals surface area (Å²) in [6.07, 6.45) is 4.26. The molecule has 0 bridgehead atoms. The van der Waals surface area contributed by atoms with Crippen LogP contribution in [0.15, 0.2) is 56.5 Å². The molecule has 1 spiro atoms. The van der Waals surface area contributed by atoms with Gasteiger partial charge in [0.2, 0.25) is 0 Å². The molecule has 116 valence electrons. The Morgan fingerprint density at radius 3 is 1.61 bits per heavy atom. The third-order valence-electron chi connectivity index (χ3n) is 4.23. The molecule has 0 amide bonds. The highest BCUT2D eigenvalue weighted by molar-refractivity contribution is 9.10. The molecule has 0 fully saturated rings. The molecule has 2 heterocycles. The van der Waals surface area contributed by atoms with Crippen LogP contribution in [0, 0.1) is 0 Å². The van der Waals surface area contributed by atoms with Gasteiger partial charge in [-0.1, -0.05) is 31.9 Å². The molecule has 0 saturated heterocycles. The Morgan fingerprint density at radius 1 is 0.739 bits per heavy atom. The molecule has 2 aliphatic heterocycles. The lowest BCUT2D eigenvalue weighted by Gasteiger charge is -2.41. The number of fused-ring (bicyclic) bond motifs is 2. The normalized spacial score (nSPS) is 17.4. The van der Waals surface area contributed by atoms with E-state index in [4.69, 9.17) is 9.47 Å². The summed E-state index contributed by atoms with van der Waals surface area (Å²) in [6, 6.07) is 12.0. The van der Waals surface area contributed by atoms with Gasteiger partial charge in [-0.3, -0.25) is 0 Å². The van der Waals surface area contributed by atoms with Gasteiger partial charge in [0.15, 0.2) is 0 Å². The van der Waals surface area contributed by atoms with Gasteiger partial charge < -0.3 is 9.47 Å². The molecule has 0 unspecified atom stereocenters. The lowest BCUT2D eigenvalue weighted by atomic mass is 9.91. The van der Waals surface area contributed by atoms with Crippen molar-refractivity contribution in [3.05, 3.63) is 67.6 Å². The van der Waals surface area contributed by atoms with Gasteiger partial charge in [-0.2, -0.15) is 0 Å². The molecule has 0 aromatic heterocycles. The first kappa shape index (κ1) is 15.0. The molecule has 0 radical (unpaired) electrons. The van der Waals surface area contributed by atoms with Crippen LogP contribution >= 0.6 is 31.9 Å². The summed E-state index contributed by atoms with van der Waals surface area (Å²) in [7, 11) is 0. The highest BCUT2D eigenvalue weighted by Gasteiger charge is 2.44. The number of rotatable bonds is 0. The third-order valence-corrected chi connectivity index (χ3v) is 5.22. The molecular formula is C19H14Br2O2. The molecule has 4 rings (SSSR count). The molecule has 0 aliphatic carbocycles. The van der Waals surface area contributed by atoms with E-state index >= 15 is 0 Å². The number of ether oxygens (including phenoxy) is 2. The van der Waals surface area contributed by atoms with E-state index in [-0.39, 0.29) is 0 Å². The van der Waals surface area contributed by atoms with Crippen molar-refractivity contribution in [3.8, 4) is 11.5 Å². The molecule has 0 saturated carbocycles. The Balaban J connectivity index is 1.85.